The fourth-order valence-electron chi connectivity index (χ4n) is 1.65. The number of halogens is 2. The van der Waals surface area contributed by atoms with Gasteiger partial charge in [0.1, 0.15) is 5.84 Å². The van der Waals surface area contributed by atoms with Gasteiger partial charge >= 0.3 is 0 Å². The number of nitrogens with one attached hydrogen (secondary N) is 1. The largest absolute Gasteiger partial charge is 0.312 e. The summed E-state index contributed by atoms with van der Waals surface area (Å²) in [7, 11) is 0. The van der Waals surface area contributed by atoms with Crippen molar-refractivity contribution >= 4 is 46.5 Å². The maximum atomic E-state index is 12.0. The second kappa shape index (κ2) is 5.66. The number of carbonyl (C=O) groups is 2. The molecule has 0 radical (unpaired) electrons. The van der Waals surface area contributed by atoms with E-state index in [-0.39, 0.29) is 18.2 Å². The number of amides is 2. The second-order valence-electron chi connectivity index (χ2n) is 5.73. The van der Waals surface area contributed by atoms with Gasteiger partial charge in [0, 0.05) is 10.4 Å². The van der Waals surface area contributed by atoms with Crippen LogP contribution in [0.1, 0.15) is 27.2 Å². The highest BCUT2D eigenvalue weighted by molar-refractivity contribution is 6.36. The van der Waals surface area contributed by atoms with E-state index < -0.39 is 5.41 Å². The minimum absolute atomic E-state index is 0.0185. The normalized spacial score (nSPS) is 15.2. The topological polar surface area (TPSA) is 61.8 Å². The maximum absolute atomic E-state index is 12.0. The standard InChI is InChI=1S/C14H15Cl2N3O2/c1-14(2,3)13(21)17-11-7-12(20)19(18-11)10-6-8(15)4-5-9(10)16/h4-6H,7H2,1-3H3,(H,17,18,21). The average Bonchev–Trinajstić information content (AvgIpc) is 2.72. The van der Waals surface area contributed by atoms with Crippen molar-refractivity contribution in [3.05, 3.63) is 28.2 Å². The van der Waals surface area contributed by atoms with Crippen LogP contribution in [0.4, 0.5) is 5.69 Å². The lowest BCUT2D eigenvalue weighted by Crippen LogP contribution is -2.38. The van der Waals surface area contributed by atoms with Crippen LogP contribution in [0.5, 0.6) is 0 Å². The third-order valence-electron chi connectivity index (χ3n) is 2.85. The van der Waals surface area contributed by atoms with E-state index in [2.05, 4.69) is 10.4 Å². The molecule has 0 spiro atoms. The molecule has 0 aliphatic carbocycles. The molecule has 21 heavy (non-hydrogen) atoms. The van der Waals surface area contributed by atoms with Gasteiger partial charge in [-0.3, -0.25) is 9.59 Å². The van der Waals surface area contributed by atoms with E-state index in [4.69, 9.17) is 23.2 Å². The lowest BCUT2D eigenvalue weighted by Gasteiger charge is -2.16. The Hall–Kier alpha value is -1.59. The van der Waals surface area contributed by atoms with Crippen LogP contribution in [-0.2, 0) is 9.59 Å². The molecule has 0 atom stereocenters. The predicted octanol–water partition coefficient (Wildman–Crippen LogP) is 3.21. The lowest BCUT2D eigenvalue weighted by atomic mass is 9.96. The molecule has 1 heterocycles. The van der Waals surface area contributed by atoms with E-state index in [1.54, 1.807) is 39.0 Å². The van der Waals surface area contributed by atoms with Crippen molar-refractivity contribution in [3.63, 3.8) is 0 Å². The molecule has 0 bridgehead atoms. The van der Waals surface area contributed by atoms with E-state index >= 15 is 0 Å². The van der Waals surface area contributed by atoms with E-state index in [9.17, 15) is 9.59 Å². The molecule has 0 fully saturated rings. The van der Waals surface area contributed by atoms with Crippen LogP contribution in [0, 0.1) is 5.41 Å². The molecule has 5 nitrogen and oxygen atoms in total. The summed E-state index contributed by atoms with van der Waals surface area (Å²) in [5.41, 5.74) is -0.165. The summed E-state index contributed by atoms with van der Waals surface area (Å²) >= 11 is 12.0. The number of benzene rings is 1. The Bertz CT molecular complexity index is 636. The molecule has 0 saturated carbocycles. The first-order valence-electron chi connectivity index (χ1n) is 6.35. The predicted molar refractivity (Wildman–Crippen MR) is 83.6 cm³/mol. The zero-order valence-electron chi connectivity index (χ0n) is 11.9. The molecule has 0 unspecified atom stereocenters. The smallest absolute Gasteiger partial charge is 0.255 e. The van der Waals surface area contributed by atoms with Gasteiger partial charge in [0.2, 0.25) is 5.91 Å². The number of amidine groups is 1. The Kier molecular flexibility index (Phi) is 4.25. The van der Waals surface area contributed by atoms with Crippen LogP contribution in [0.3, 0.4) is 0 Å². The Balaban J connectivity index is 2.25. The van der Waals surface area contributed by atoms with Crippen LogP contribution in [0.25, 0.3) is 0 Å². The fourth-order valence-corrected chi connectivity index (χ4v) is 2.02. The molecule has 2 rings (SSSR count). The number of hydrazone groups is 1. The van der Waals surface area contributed by atoms with Gasteiger partial charge in [-0.2, -0.15) is 10.1 Å². The molecule has 7 heteroatoms. The maximum Gasteiger partial charge on any atom is 0.255 e. The number of nitrogens with zero attached hydrogens (tertiary/aromatic N) is 2. The summed E-state index contributed by atoms with van der Waals surface area (Å²) in [6.07, 6.45) is 0.0185. The first-order chi connectivity index (χ1) is 9.68. The molecule has 1 N–H and O–H groups in total. The van der Waals surface area contributed by atoms with Gasteiger partial charge in [-0.25, -0.2) is 0 Å². The molecular formula is C14H15Cl2N3O2. The van der Waals surface area contributed by atoms with Crippen molar-refractivity contribution in [1.82, 2.24) is 5.32 Å². The minimum atomic E-state index is -0.563. The third kappa shape index (κ3) is 3.54. The van der Waals surface area contributed by atoms with Gasteiger partial charge in [-0.1, -0.05) is 44.0 Å². The summed E-state index contributed by atoms with van der Waals surface area (Å²) in [6, 6.07) is 4.77. The summed E-state index contributed by atoms with van der Waals surface area (Å²) in [5.74, 6) is -0.174. The van der Waals surface area contributed by atoms with Crippen LogP contribution >= 0.6 is 23.2 Å². The quantitative estimate of drug-likeness (QED) is 0.860. The van der Waals surface area contributed by atoms with E-state index in [0.717, 1.165) is 5.01 Å². The van der Waals surface area contributed by atoms with Crippen LogP contribution in [-0.4, -0.2) is 17.6 Å². The SMILES string of the molecule is CC(C)(C)C(=O)NC1=NN(c2cc(Cl)ccc2Cl)C(=O)C1. The molecule has 1 aliphatic heterocycles. The molecule has 1 aliphatic rings. The van der Waals surface area contributed by atoms with E-state index in [0.29, 0.717) is 21.6 Å². The van der Waals surface area contributed by atoms with Gasteiger partial charge in [-0.15, -0.1) is 0 Å². The first-order valence-corrected chi connectivity index (χ1v) is 7.11. The molecule has 1 aromatic carbocycles. The van der Waals surface area contributed by atoms with Crippen LogP contribution < -0.4 is 10.3 Å². The minimum Gasteiger partial charge on any atom is -0.312 e. The summed E-state index contributed by atoms with van der Waals surface area (Å²) in [4.78, 5) is 24.0. The van der Waals surface area contributed by atoms with Crippen molar-refractivity contribution in [3.8, 4) is 0 Å². The Morgan fingerprint density at radius 2 is 2.00 bits per heavy atom. The highest BCUT2D eigenvalue weighted by Gasteiger charge is 2.30. The second-order valence-corrected chi connectivity index (χ2v) is 6.57. The molecule has 1 aromatic rings. The first kappa shape index (κ1) is 15.8. The van der Waals surface area contributed by atoms with Gasteiger partial charge in [-0.05, 0) is 18.2 Å². The molecular weight excluding hydrogens is 313 g/mol. The van der Waals surface area contributed by atoms with Crippen molar-refractivity contribution in [1.29, 1.82) is 0 Å². The lowest BCUT2D eigenvalue weighted by molar-refractivity contribution is -0.126. The summed E-state index contributed by atoms with van der Waals surface area (Å²) < 4.78 is 0. The Morgan fingerprint density at radius 1 is 1.33 bits per heavy atom. The Morgan fingerprint density at radius 3 is 2.62 bits per heavy atom. The highest BCUT2D eigenvalue weighted by atomic mass is 35.5. The van der Waals surface area contributed by atoms with Crippen LogP contribution in [0.2, 0.25) is 10.0 Å². The molecule has 2 amide bonds. The molecule has 0 saturated heterocycles. The van der Waals surface area contributed by atoms with Crippen molar-refractivity contribution in [2.24, 2.45) is 10.5 Å². The molecule has 0 aromatic heterocycles. The number of hydrogen-bond donors (Lipinski definition) is 1. The van der Waals surface area contributed by atoms with Gasteiger partial charge in [0.05, 0.1) is 17.1 Å². The number of carbonyl (C=O) groups excluding carboxylic acids is 2. The Labute approximate surface area is 132 Å². The van der Waals surface area contributed by atoms with E-state index in [1.165, 1.54) is 0 Å². The van der Waals surface area contributed by atoms with Crippen molar-refractivity contribution in [2.75, 3.05) is 5.01 Å². The van der Waals surface area contributed by atoms with Crippen molar-refractivity contribution in [2.45, 2.75) is 27.2 Å². The van der Waals surface area contributed by atoms with Gasteiger partial charge < -0.3 is 5.32 Å². The number of hydrogen-bond acceptors (Lipinski definition) is 3. The monoisotopic (exact) mass is 327 g/mol. The van der Waals surface area contributed by atoms with Crippen LogP contribution in [0.15, 0.2) is 23.3 Å². The van der Waals surface area contributed by atoms with Crippen molar-refractivity contribution < 1.29 is 9.59 Å². The summed E-state index contributed by atoms with van der Waals surface area (Å²) in [6.45, 7) is 5.35. The zero-order valence-corrected chi connectivity index (χ0v) is 13.4. The van der Waals surface area contributed by atoms with Gasteiger partial charge in [0.25, 0.3) is 5.91 Å². The third-order valence-corrected chi connectivity index (χ3v) is 3.41. The highest BCUT2D eigenvalue weighted by Crippen LogP contribution is 2.31. The number of rotatable bonds is 1. The zero-order chi connectivity index (χ0) is 15.8. The fraction of sp³-hybridized carbons (Fsp3) is 0.357. The molecule has 112 valence electrons. The summed E-state index contributed by atoms with van der Waals surface area (Å²) in [5, 5.41) is 8.74. The number of anilines is 1. The van der Waals surface area contributed by atoms with E-state index in [1.807, 2.05) is 0 Å². The van der Waals surface area contributed by atoms with Gasteiger partial charge in [0.15, 0.2) is 0 Å². The average molecular weight is 328 g/mol.